The van der Waals surface area contributed by atoms with Gasteiger partial charge in [0.2, 0.25) is 11.8 Å². The van der Waals surface area contributed by atoms with Gasteiger partial charge in [-0.3, -0.25) is 9.59 Å². The van der Waals surface area contributed by atoms with Crippen LogP contribution < -0.4 is 11.1 Å². The molecule has 1 fully saturated rings. The number of likely N-dealkylation sites (N-methyl/N-ethyl adjacent to an activating group) is 1. The standard InChI is InChI=1S/C19H29N3O2.ClH/c1-22(2)18(24)12-15-6-8-16(9-7-15)21-17(23)13-19(14-20)10-4-3-5-11-19;/h6-9H,3-5,10-14,20H2,1-2H3,(H,21,23);1H. The van der Waals surface area contributed by atoms with Crippen molar-refractivity contribution in [3.8, 4) is 0 Å². The first-order valence-corrected chi connectivity index (χ1v) is 8.73. The minimum Gasteiger partial charge on any atom is -0.349 e. The minimum absolute atomic E-state index is 0. The van der Waals surface area contributed by atoms with Crippen molar-refractivity contribution in [1.29, 1.82) is 0 Å². The summed E-state index contributed by atoms with van der Waals surface area (Å²) in [6.45, 7) is 0.575. The first-order chi connectivity index (χ1) is 11.4. The summed E-state index contributed by atoms with van der Waals surface area (Å²) >= 11 is 0. The van der Waals surface area contributed by atoms with Crippen molar-refractivity contribution >= 4 is 29.9 Å². The SMILES string of the molecule is CN(C)C(=O)Cc1ccc(NC(=O)CC2(CN)CCCCC2)cc1.Cl. The molecule has 5 nitrogen and oxygen atoms in total. The molecule has 0 aliphatic heterocycles. The van der Waals surface area contributed by atoms with E-state index in [1.54, 1.807) is 19.0 Å². The molecule has 3 N–H and O–H groups in total. The molecule has 0 saturated heterocycles. The molecule has 1 aliphatic carbocycles. The summed E-state index contributed by atoms with van der Waals surface area (Å²) in [5.41, 5.74) is 7.64. The van der Waals surface area contributed by atoms with Gasteiger partial charge < -0.3 is 16.0 Å². The Morgan fingerprint density at radius 2 is 1.72 bits per heavy atom. The highest BCUT2D eigenvalue weighted by molar-refractivity contribution is 5.91. The number of rotatable bonds is 6. The zero-order valence-corrected chi connectivity index (χ0v) is 16.0. The van der Waals surface area contributed by atoms with E-state index >= 15 is 0 Å². The van der Waals surface area contributed by atoms with Gasteiger partial charge in [0.25, 0.3) is 0 Å². The van der Waals surface area contributed by atoms with E-state index in [4.69, 9.17) is 5.73 Å². The highest BCUT2D eigenvalue weighted by Crippen LogP contribution is 2.38. The second kappa shape index (κ2) is 9.78. The smallest absolute Gasteiger partial charge is 0.226 e. The summed E-state index contributed by atoms with van der Waals surface area (Å²) in [4.78, 5) is 25.7. The van der Waals surface area contributed by atoms with Crippen molar-refractivity contribution in [3.05, 3.63) is 29.8 Å². The first-order valence-electron chi connectivity index (χ1n) is 8.73. The molecule has 2 rings (SSSR count). The number of amides is 2. The zero-order valence-electron chi connectivity index (χ0n) is 15.2. The number of nitrogens with two attached hydrogens (primary N) is 1. The molecule has 0 aromatic heterocycles. The molecule has 140 valence electrons. The van der Waals surface area contributed by atoms with Crippen LogP contribution in [0.15, 0.2) is 24.3 Å². The molecular weight excluding hydrogens is 338 g/mol. The molecule has 1 aliphatic rings. The Balaban J connectivity index is 0.00000312. The van der Waals surface area contributed by atoms with Crippen LogP contribution in [0.5, 0.6) is 0 Å². The third kappa shape index (κ3) is 6.33. The number of benzene rings is 1. The van der Waals surface area contributed by atoms with Crippen LogP contribution in [-0.2, 0) is 16.0 Å². The summed E-state index contributed by atoms with van der Waals surface area (Å²) in [6, 6.07) is 7.48. The van der Waals surface area contributed by atoms with Gasteiger partial charge in [0.1, 0.15) is 0 Å². The third-order valence-corrected chi connectivity index (χ3v) is 4.97. The number of anilines is 1. The van der Waals surface area contributed by atoms with Crippen molar-refractivity contribution in [2.45, 2.75) is 44.9 Å². The fourth-order valence-corrected chi connectivity index (χ4v) is 3.34. The van der Waals surface area contributed by atoms with Gasteiger partial charge in [0.15, 0.2) is 0 Å². The molecule has 0 atom stereocenters. The fraction of sp³-hybridized carbons (Fsp3) is 0.579. The van der Waals surface area contributed by atoms with Crippen molar-refractivity contribution in [2.24, 2.45) is 11.1 Å². The van der Waals surface area contributed by atoms with E-state index in [0.717, 1.165) is 24.1 Å². The van der Waals surface area contributed by atoms with Crippen LogP contribution >= 0.6 is 12.4 Å². The molecule has 0 spiro atoms. The van der Waals surface area contributed by atoms with Crippen molar-refractivity contribution in [1.82, 2.24) is 4.90 Å². The lowest BCUT2D eigenvalue weighted by atomic mass is 9.71. The Hall–Kier alpha value is -1.59. The second-order valence-corrected chi connectivity index (χ2v) is 7.15. The molecule has 25 heavy (non-hydrogen) atoms. The van der Waals surface area contributed by atoms with Crippen LogP contribution in [0.1, 0.15) is 44.1 Å². The molecule has 6 heteroatoms. The molecular formula is C19H30ClN3O2. The van der Waals surface area contributed by atoms with E-state index in [1.165, 1.54) is 19.3 Å². The molecule has 0 heterocycles. The number of nitrogens with one attached hydrogen (secondary N) is 1. The zero-order chi connectivity index (χ0) is 17.6. The maximum Gasteiger partial charge on any atom is 0.226 e. The highest BCUT2D eigenvalue weighted by Gasteiger charge is 2.32. The maximum atomic E-state index is 12.4. The molecule has 2 amide bonds. The van der Waals surface area contributed by atoms with Crippen molar-refractivity contribution in [3.63, 3.8) is 0 Å². The average Bonchev–Trinajstić information content (AvgIpc) is 2.57. The topological polar surface area (TPSA) is 75.4 Å². The van der Waals surface area contributed by atoms with Gasteiger partial charge in [0.05, 0.1) is 6.42 Å². The lowest BCUT2D eigenvalue weighted by Gasteiger charge is -2.35. The van der Waals surface area contributed by atoms with Crippen LogP contribution in [0.2, 0.25) is 0 Å². The third-order valence-electron chi connectivity index (χ3n) is 4.97. The number of halogens is 1. The summed E-state index contributed by atoms with van der Waals surface area (Å²) < 4.78 is 0. The van der Waals surface area contributed by atoms with Crippen LogP contribution in [-0.4, -0.2) is 37.4 Å². The van der Waals surface area contributed by atoms with Crippen LogP contribution in [0, 0.1) is 5.41 Å². The van der Waals surface area contributed by atoms with E-state index in [1.807, 2.05) is 24.3 Å². The number of hydrogen-bond acceptors (Lipinski definition) is 3. The van der Waals surface area contributed by atoms with E-state index < -0.39 is 0 Å². The van der Waals surface area contributed by atoms with Gasteiger partial charge in [0, 0.05) is 26.2 Å². The van der Waals surface area contributed by atoms with Gasteiger partial charge in [-0.05, 0) is 42.5 Å². The van der Waals surface area contributed by atoms with Gasteiger partial charge in [-0.1, -0.05) is 31.4 Å². The second-order valence-electron chi connectivity index (χ2n) is 7.15. The molecule has 0 radical (unpaired) electrons. The van der Waals surface area contributed by atoms with E-state index in [2.05, 4.69) is 5.32 Å². The molecule has 0 unspecified atom stereocenters. The summed E-state index contributed by atoms with van der Waals surface area (Å²) in [5.74, 6) is 0.0911. The summed E-state index contributed by atoms with van der Waals surface area (Å²) in [6.07, 6.45) is 6.53. The lowest BCUT2D eigenvalue weighted by Crippen LogP contribution is -2.36. The first kappa shape index (κ1) is 21.5. The number of hydrogen-bond donors (Lipinski definition) is 2. The number of carbonyl (C=O) groups excluding carboxylic acids is 2. The Labute approximate surface area is 156 Å². The van der Waals surface area contributed by atoms with Crippen molar-refractivity contribution in [2.75, 3.05) is 26.0 Å². The van der Waals surface area contributed by atoms with Gasteiger partial charge >= 0.3 is 0 Å². The molecule has 0 bridgehead atoms. The highest BCUT2D eigenvalue weighted by atomic mass is 35.5. The van der Waals surface area contributed by atoms with E-state index in [0.29, 0.717) is 19.4 Å². The minimum atomic E-state index is -0.0274. The molecule has 1 aromatic carbocycles. The van der Waals surface area contributed by atoms with Gasteiger partial charge in [-0.25, -0.2) is 0 Å². The Kier molecular flexibility index (Phi) is 8.39. The van der Waals surface area contributed by atoms with Crippen LogP contribution in [0.4, 0.5) is 5.69 Å². The van der Waals surface area contributed by atoms with Crippen LogP contribution in [0.25, 0.3) is 0 Å². The maximum absolute atomic E-state index is 12.4. The number of nitrogens with zero attached hydrogens (tertiary/aromatic N) is 1. The predicted molar refractivity (Wildman–Crippen MR) is 104 cm³/mol. The van der Waals surface area contributed by atoms with Gasteiger partial charge in [-0.2, -0.15) is 0 Å². The van der Waals surface area contributed by atoms with Crippen molar-refractivity contribution < 1.29 is 9.59 Å². The number of carbonyl (C=O) groups is 2. The summed E-state index contributed by atoms with van der Waals surface area (Å²) in [5, 5.41) is 2.96. The average molecular weight is 368 g/mol. The Morgan fingerprint density at radius 3 is 2.24 bits per heavy atom. The summed E-state index contributed by atoms with van der Waals surface area (Å²) in [7, 11) is 3.49. The van der Waals surface area contributed by atoms with E-state index in [9.17, 15) is 9.59 Å². The molecule has 1 aromatic rings. The fourth-order valence-electron chi connectivity index (χ4n) is 3.34. The monoisotopic (exact) mass is 367 g/mol. The predicted octanol–water partition coefficient (Wildman–Crippen LogP) is 2.98. The Morgan fingerprint density at radius 1 is 1.12 bits per heavy atom. The largest absolute Gasteiger partial charge is 0.349 e. The van der Waals surface area contributed by atoms with Crippen LogP contribution in [0.3, 0.4) is 0 Å². The lowest BCUT2D eigenvalue weighted by molar-refractivity contribution is -0.128. The Bertz CT molecular complexity index is 567. The quantitative estimate of drug-likeness (QED) is 0.811. The van der Waals surface area contributed by atoms with E-state index in [-0.39, 0.29) is 29.6 Å². The molecule has 1 saturated carbocycles. The normalized spacial score (nSPS) is 15.8. The van der Waals surface area contributed by atoms with Gasteiger partial charge in [-0.15, -0.1) is 12.4 Å².